The zero-order valence-electron chi connectivity index (χ0n) is 10.3. The Kier molecular flexibility index (Phi) is 4.10. The normalized spacial score (nSPS) is 10.6. The van der Waals surface area contributed by atoms with Crippen LogP contribution in [-0.4, -0.2) is 17.1 Å². The smallest absolute Gasteiger partial charge is 0.339 e. The van der Waals surface area contributed by atoms with Gasteiger partial charge in [0.25, 0.3) is 0 Å². The summed E-state index contributed by atoms with van der Waals surface area (Å²) in [6, 6.07) is 11.8. The Labute approximate surface area is 111 Å². The van der Waals surface area contributed by atoms with Crippen molar-refractivity contribution >= 4 is 17.7 Å². The summed E-state index contributed by atoms with van der Waals surface area (Å²) >= 11 is 1.58. The van der Waals surface area contributed by atoms with Crippen LogP contribution in [0.4, 0.5) is 0 Å². The number of nitrogens with one attached hydrogen (secondary N) is 1. The minimum Gasteiger partial charge on any atom is -0.459 e. The van der Waals surface area contributed by atoms with Gasteiger partial charge in [0.2, 0.25) is 0 Å². The molecule has 0 bridgehead atoms. The molecule has 0 fully saturated rings. The van der Waals surface area contributed by atoms with Crippen LogP contribution in [0.3, 0.4) is 0 Å². The first-order valence-corrected chi connectivity index (χ1v) is 6.59. The zero-order chi connectivity index (χ0) is 13.0. The summed E-state index contributed by atoms with van der Waals surface area (Å²) < 4.78 is 5.13. The SMILES string of the molecule is CC(C)OC(=O)c1c[nH]c(Sc2ccccc2)c1. The highest BCUT2D eigenvalue weighted by Crippen LogP contribution is 2.26. The van der Waals surface area contributed by atoms with Gasteiger partial charge in [-0.05, 0) is 32.0 Å². The van der Waals surface area contributed by atoms with Crippen molar-refractivity contribution in [3.05, 3.63) is 48.2 Å². The number of ether oxygens (including phenoxy) is 1. The summed E-state index contributed by atoms with van der Waals surface area (Å²) in [5.41, 5.74) is 0.558. The summed E-state index contributed by atoms with van der Waals surface area (Å²) in [6.07, 6.45) is 1.58. The fraction of sp³-hybridized carbons (Fsp3) is 0.214. The van der Waals surface area contributed by atoms with Gasteiger partial charge in [0.1, 0.15) is 0 Å². The molecule has 2 rings (SSSR count). The lowest BCUT2D eigenvalue weighted by Crippen LogP contribution is -2.10. The van der Waals surface area contributed by atoms with E-state index < -0.39 is 0 Å². The minimum atomic E-state index is -0.291. The van der Waals surface area contributed by atoms with Crippen LogP contribution in [-0.2, 0) is 4.74 Å². The van der Waals surface area contributed by atoms with Crippen LogP contribution in [0.15, 0.2) is 52.5 Å². The van der Waals surface area contributed by atoms with E-state index in [0.29, 0.717) is 5.56 Å². The van der Waals surface area contributed by atoms with Gasteiger partial charge in [-0.15, -0.1) is 0 Å². The fourth-order valence-corrected chi connectivity index (χ4v) is 2.30. The molecule has 0 aliphatic carbocycles. The third kappa shape index (κ3) is 3.40. The van der Waals surface area contributed by atoms with Gasteiger partial charge in [-0.2, -0.15) is 0 Å². The fourth-order valence-electron chi connectivity index (χ4n) is 1.45. The number of rotatable bonds is 4. The monoisotopic (exact) mass is 261 g/mol. The first-order chi connectivity index (χ1) is 8.65. The summed E-state index contributed by atoms with van der Waals surface area (Å²) in [5, 5.41) is 0.928. The van der Waals surface area contributed by atoms with E-state index >= 15 is 0 Å². The standard InChI is InChI=1S/C14H15NO2S/c1-10(2)17-14(16)11-8-13(15-9-11)18-12-6-4-3-5-7-12/h3-10,15H,1-2H3. The molecular formula is C14H15NO2S. The van der Waals surface area contributed by atoms with E-state index in [9.17, 15) is 4.79 Å². The van der Waals surface area contributed by atoms with Crippen molar-refractivity contribution in [3.63, 3.8) is 0 Å². The second-order valence-corrected chi connectivity index (χ2v) is 5.24. The molecule has 3 nitrogen and oxygen atoms in total. The highest BCUT2D eigenvalue weighted by Gasteiger charge is 2.11. The number of hydrogen-bond acceptors (Lipinski definition) is 3. The molecule has 0 saturated heterocycles. The van der Waals surface area contributed by atoms with Crippen LogP contribution in [0.25, 0.3) is 0 Å². The molecule has 2 aromatic rings. The molecule has 1 aromatic heterocycles. The Bertz CT molecular complexity index is 520. The van der Waals surface area contributed by atoms with Crippen molar-refractivity contribution in [1.29, 1.82) is 0 Å². The second kappa shape index (κ2) is 5.78. The van der Waals surface area contributed by atoms with Crippen molar-refractivity contribution in [2.24, 2.45) is 0 Å². The van der Waals surface area contributed by atoms with Gasteiger partial charge in [0.05, 0.1) is 16.7 Å². The summed E-state index contributed by atoms with van der Waals surface area (Å²) in [7, 11) is 0. The lowest BCUT2D eigenvalue weighted by Gasteiger charge is -2.05. The molecule has 1 N–H and O–H groups in total. The number of H-pyrrole nitrogens is 1. The average Bonchev–Trinajstić information content (AvgIpc) is 2.78. The van der Waals surface area contributed by atoms with Crippen molar-refractivity contribution in [2.75, 3.05) is 0 Å². The Morgan fingerprint density at radius 3 is 2.67 bits per heavy atom. The molecule has 94 valence electrons. The predicted octanol–water partition coefficient (Wildman–Crippen LogP) is 3.73. The summed E-state index contributed by atoms with van der Waals surface area (Å²) in [6.45, 7) is 3.67. The van der Waals surface area contributed by atoms with Crippen LogP contribution in [0.2, 0.25) is 0 Å². The van der Waals surface area contributed by atoms with Crippen LogP contribution in [0, 0.1) is 0 Å². The number of aromatic nitrogens is 1. The quantitative estimate of drug-likeness (QED) is 0.853. The predicted molar refractivity (Wildman–Crippen MR) is 71.9 cm³/mol. The summed E-state index contributed by atoms with van der Waals surface area (Å²) in [5.74, 6) is -0.291. The molecule has 18 heavy (non-hydrogen) atoms. The van der Waals surface area contributed by atoms with Crippen molar-refractivity contribution in [3.8, 4) is 0 Å². The van der Waals surface area contributed by atoms with Gasteiger partial charge in [0, 0.05) is 11.1 Å². The molecule has 0 radical (unpaired) electrons. The average molecular weight is 261 g/mol. The van der Waals surface area contributed by atoms with Crippen LogP contribution in [0.5, 0.6) is 0 Å². The molecule has 0 spiro atoms. The lowest BCUT2D eigenvalue weighted by atomic mass is 10.3. The van der Waals surface area contributed by atoms with Crippen molar-refractivity contribution < 1.29 is 9.53 Å². The topological polar surface area (TPSA) is 42.1 Å². The molecule has 0 aliphatic heterocycles. The zero-order valence-corrected chi connectivity index (χ0v) is 11.2. The van der Waals surface area contributed by atoms with Gasteiger partial charge < -0.3 is 9.72 Å². The Morgan fingerprint density at radius 2 is 2.00 bits per heavy atom. The van der Waals surface area contributed by atoms with Gasteiger partial charge in [-0.1, -0.05) is 30.0 Å². The van der Waals surface area contributed by atoms with Crippen molar-refractivity contribution in [2.45, 2.75) is 29.9 Å². The molecule has 0 amide bonds. The van der Waals surface area contributed by atoms with E-state index in [1.165, 1.54) is 0 Å². The maximum Gasteiger partial charge on any atom is 0.339 e. The Hall–Kier alpha value is -1.68. The molecule has 4 heteroatoms. The second-order valence-electron chi connectivity index (χ2n) is 4.12. The third-order valence-corrected chi connectivity index (χ3v) is 3.17. The number of carbonyl (C=O) groups is 1. The van der Waals surface area contributed by atoms with Gasteiger partial charge in [-0.3, -0.25) is 0 Å². The van der Waals surface area contributed by atoms with Crippen LogP contribution < -0.4 is 0 Å². The van der Waals surface area contributed by atoms with E-state index in [2.05, 4.69) is 4.98 Å². The van der Waals surface area contributed by atoms with Gasteiger partial charge in [-0.25, -0.2) is 4.79 Å². The van der Waals surface area contributed by atoms with Gasteiger partial charge in [0.15, 0.2) is 0 Å². The molecular weight excluding hydrogens is 246 g/mol. The molecule has 0 atom stereocenters. The van der Waals surface area contributed by atoms with E-state index in [4.69, 9.17) is 4.74 Å². The molecule has 1 heterocycles. The summed E-state index contributed by atoms with van der Waals surface area (Å²) in [4.78, 5) is 15.9. The largest absolute Gasteiger partial charge is 0.459 e. The first-order valence-electron chi connectivity index (χ1n) is 5.77. The number of esters is 1. The van der Waals surface area contributed by atoms with Crippen LogP contribution in [0.1, 0.15) is 24.2 Å². The number of hydrogen-bond donors (Lipinski definition) is 1. The molecule has 1 aromatic carbocycles. The first kappa shape index (κ1) is 12.8. The Balaban J connectivity index is 2.04. The number of benzene rings is 1. The van der Waals surface area contributed by atoms with Crippen molar-refractivity contribution in [1.82, 2.24) is 4.98 Å². The number of aromatic amines is 1. The lowest BCUT2D eigenvalue weighted by molar-refractivity contribution is 0.0378. The molecule has 0 saturated carbocycles. The van der Waals surface area contributed by atoms with E-state index in [0.717, 1.165) is 9.92 Å². The van der Waals surface area contributed by atoms with E-state index in [1.54, 1.807) is 18.0 Å². The highest BCUT2D eigenvalue weighted by molar-refractivity contribution is 7.99. The molecule has 0 aliphatic rings. The van der Waals surface area contributed by atoms with E-state index in [1.807, 2.05) is 50.2 Å². The maximum absolute atomic E-state index is 11.7. The van der Waals surface area contributed by atoms with Crippen LogP contribution >= 0.6 is 11.8 Å². The Morgan fingerprint density at radius 1 is 1.28 bits per heavy atom. The third-order valence-electron chi connectivity index (χ3n) is 2.21. The van der Waals surface area contributed by atoms with Gasteiger partial charge >= 0.3 is 5.97 Å². The highest BCUT2D eigenvalue weighted by atomic mass is 32.2. The number of carbonyl (C=O) groups excluding carboxylic acids is 1. The maximum atomic E-state index is 11.7. The molecule has 0 unspecified atom stereocenters. The van der Waals surface area contributed by atoms with E-state index in [-0.39, 0.29) is 12.1 Å². The minimum absolute atomic E-state index is 0.0994.